The van der Waals surface area contributed by atoms with Crippen molar-refractivity contribution in [2.24, 2.45) is 7.05 Å². The molecule has 116 valence electrons. The van der Waals surface area contributed by atoms with Crippen molar-refractivity contribution in [3.63, 3.8) is 0 Å². The molecular weight excluding hydrogens is 276 g/mol. The van der Waals surface area contributed by atoms with E-state index in [1.165, 1.54) is 5.56 Å². The molecule has 22 heavy (non-hydrogen) atoms. The Bertz CT molecular complexity index is 631. The van der Waals surface area contributed by atoms with Gasteiger partial charge in [-0.05, 0) is 36.4 Å². The number of hydrogen-bond donors (Lipinski definition) is 0. The molecule has 0 N–H and O–H groups in total. The summed E-state index contributed by atoms with van der Waals surface area (Å²) < 4.78 is 1.88. The van der Waals surface area contributed by atoms with Crippen LogP contribution >= 0.6 is 0 Å². The minimum Gasteiger partial charge on any atom is -0.347 e. The molecular formula is C17H22N4O. The molecule has 0 radical (unpaired) electrons. The molecule has 2 aromatic rings. The number of amides is 1. The van der Waals surface area contributed by atoms with E-state index in [2.05, 4.69) is 16.8 Å². The van der Waals surface area contributed by atoms with Crippen molar-refractivity contribution in [1.29, 1.82) is 0 Å². The van der Waals surface area contributed by atoms with Gasteiger partial charge in [0, 0.05) is 51.3 Å². The lowest BCUT2D eigenvalue weighted by Gasteiger charge is -2.45. The number of rotatable bonds is 5. The molecule has 0 unspecified atom stereocenters. The first-order chi connectivity index (χ1) is 10.7. The molecule has 1 fully saturated rings. The van der Waals surface area contributed by atoms with Crippen LogP contribution in [0.5, 0.6) is 0 Å². The van der Waals surface area contributed by atoms with Crippen LogP contribution in [0.2, 0.25) is 0 Å². The van der Waals surface area contributed by atoms with E-state index in [-0.39, 0.29) is 5.91 Å². The zero-order chi connectivity index (χ0) is 15.5. The van der Waals surface area contributed by atoms with Gasteiger partial charge >= 0.3 is 0 Å². The monoisotopic (exact) mass is 298 g/mol. The highest BCUT2D eigenvalue weighted by Crippen LogP contribution is 2.20. The summed E-state index contributed by atoms with van der Waals surface area (Å²) in [5, 5.41) is 0. The van der Waals surface area contributed by atoms with Gasteiger partial charge in [-0.1, -0.05) is 6.92 Å². The summed E-state index contributed by atoms with van der Waals surface area (Å²) in [4.78, 5) is 20.8. The molecule has 0 atom stereocenters. The van der Waals surface area contributed by atoms with E-state index in [1.807, 2.05) is 59.4 Å². The van der Waals surface area contributed by atoms with Crippen molar-refractivity contribution in [2.45, 2.75) is 19.5 Å². The lowest BCUT2D eigenvalue weighted by molar-refractivity contribution is 0.0246. The third kappa shape index (κ3) is 2.90. The van der Waals surface area contributed by atoms with Gasteiger partial charge in [0.2, 0.25) is 0 Å². The fourth-order valence-corrected chi connectivity index (χ4v) is 2.92. The molecule has 1 amide bonds. The average Bonchev–Trinajstić information content (AvgIpc) is 2.91. The van der Waals surface area contributed by atoms with Gasteiger partial charge in [-0.2, -0.15) is 0 Å². The van der Waals surface area contributed by atoms with Crippen molar-refractivity contribution in [1.82, 2.24) is 19.4 Å². The van der Waals surface area contributed by atoms with Gasteiger partial charge in [-0.25, -0.2) is 0 Å². The van der Waals surface area contributed by atoms with Crippen LogP contribution in [0, 0.1) is 0 Å². The smallest absolute Gasteiger partial charge is 0.270 e. The number of pyridine rings is 1. The largest absolute Gasteiger partial charge is 0.347 e. The summed E-state index contributed by atoms with van der Waals surface area (Å²) >= 11 is 0. The zero-order valence-corrected chi connectivity index (χ0v) is 13.1. The summed E-state index contributed by atoms with van der Waals surface area (Å²) in [6.07, 6.45) is 5.57. The topological polar surface area (TPSA) is 41.4 Å². The molecule has 1 saturated heterocycles. The van der Waals surface area contributed by atoms with Crippen molar-refractivity contribution < 1.29 is 4.79 Å². The number of aryl methyl sites for hydroxylation is 1. The van der Waals surface area contributed by atoms with Crippen molar-refractivity contribution in [2.75, 3.05) is 19.6 Å². The Labute approximate surface area is 131 Å². The van der Waals surface area contributed by atoms with Crippen LogP contribution in [-0.2, 0) is 13.6 Å². The molecule has 0 bridgehead atoms. The molecule has 0 aliphatic carbocycles. The molecule has 5 heteroatoms. The van der Waals surface area contributed by atoms with Crippen molar-refractivity contribution in [3.05, 3.63) is 54.1 Å². The highest BCUT2D eigenvalue weighted by molar-refractivity contribution is 5.93. The second-order valence-electron chi connectivity index (χ2n) is 5.79. The number of likely N-dealkylation sites (N-methyl/N-ethyl adjacent to an activating group) is 1. The van der Waals surface area contributed by atoms with E-state index in [1.54, 1.807) is 0 Å². The lowest BCUT2D eigenvalue weighted by Crippen LogP contribution is -2.60. The normalized spacial score (nSPS) is 15.1. The van der Waals surface area contributed by atoms with Gasteiger partial charge in [-0.15, -0.1) is 0 Å². The first-order valence-corrected chi connectivity index (χ1v) is 7.72. The first-order valence-electron chi connectivity index (χ1n) is 7.72. The Balaban J connectivity index is 1.57. The van der Waals surface area contributed by atoms with Crippen LogP contribution in [0.15, 0.2) is 42.9 Å². The molecule has 3 rings (SSSR count). The highest BCUT2D eigenvalue weighted by atomic mass is 16.2. The molecule has 0 saturated carbocycles. The van der Waals surface area contributed by atoms with Crippen molar-refractivity contribution >= 4 is 5.91 Å². The van der Waals surface area contributed by atoms with E-state index in [4.69, 9.17) is 0 Å². The Hall–Kier alpha value is -2.14. The molecule has 3 heterocycles. The molecule has 5 nitrogen and oxygen atoms in total. The quantitative estimate of drug-likeness (QED) is 0.845. The van der Waals surface area contributed by atoms with Gasteiger partial charge in [0.25, 0.3) is 5.91 Å². The predicted octanol–water partition coefficient (Wildman–Crippen LogP) is 1.77. The Morgan fingerprint density at radius 1 is 1.32 bits per heavy atom. The van der Waals surface area contributed by atoms with Crippen LogP contribution < -0.4 is 0 Å². The summed E-state index contributed by atoms with van der Waals surface area (Å²) in [6, 6.07) is 8.33. The second kappa shape index (κ2) is 6.32. The van der Waals surface area contributed by atoms with Crippen LogP contribution in [0.3, 0.4) is 0 Å². The fraction of sp³-hybridized carbons (Fsp3) is 0.412. The van der Waals surface area contributed by atoms with E-state index >= 15 is 0 Å². The second-order valence-corrected chi connectivity index (χ2v) is 5.79. The molecule has 0 spiro atoms. The molecule has 1 aliphatic heterocycles. The molecule has 1 aliphatic rings. The Kier molecular flexibility index (Phi) is 4.24. The minimum atomic E-state index is 0.128. The number of likely N-dealkylation sites (tertiary alicyclic amines) is 1. The van der Waals surface area contributed by atoms with Crippen LogP contribution in [0.1, 0.15) is 23.0 Å². The fourth-order valence-electron chi connectivity index (χ4n) is 2.92. The average molecular weight is 298 g/mol. The summed E-state index contributed by atoms with van der Waals surface area (Å²) in [5.74, 6) is 0.128. The van der Waals surface area contributed by atoms with Gasteiger partial charge in [0.05, 0.1) is 0 Å². The Morgan fingerprint density at radius 3 is 2.64 bits per heavy atom. The summed E-state index contributed by atoms with van der Waals surface area (Å²) in [6.45, 7) is 5.68. The summed E-state index contributed by atoms with van der Waals surface area (Å²) in [5.41, 5.74) is 2.03. The number of carbonyl (C=O) groups excluding carboxylic acids is 1. The maximum absolute atomic E-state index is 12.4. The van der Waals surface area contributed by atoms with Gasteiger partial charge in [-0.3, -0.25) is 14.7 Å². The first kappa shape index (κ1) is 14.8. The third-order valence-electron chi connectivity index (χ3n) is 4.37. The minimum absolute atomic E-state index is 0.128. The van der Waals surface area contributed by atoms with Gasteiger partial charge < -0.3 is 9.47 Å². The number of carbonyl (C=O) groups is 1. The van der Waals surface area contributed by atoms with E-state index in [0.717, 1.165) is 31.9 Å². The maximum Gasteiger partial charge on any atom is 0.270 e. The standard InChI is InChI=1S/C17H22N4O/c1-3-20(11-14-6-8-18-9-7-14)15-12-21(13-15)17(22)16-5-4-10-19(16)2/h4-10,15H,3,11-13H2,1-2H3. The number of nitrogens with zero attached hydrogens (tertiary/aromatic N) is 4. The molecule has 0 aromatic carbocycles. The Morgan fingerprint density at radius 2 is 2.05 bits per heavy atom. The maximum atomic E-state index is 12.4. The number of aromatic nitrogens is 2. The highest BCUT2D eigenvalue weighted by Gasteiger charge is 2.35. The van der Waals surface area contributed by atoms with E-state index < -0.39 is 0 Å². The summed E-state index contributed by atoms with van der Waals surface area (Å²) in [7, 11) is 1.91. The van der Waals surface area contributed by atoms with Gasteiger partial charge in [0.15, 0.2) is 0 Å². The third-order valence-corrected chi connectivity index (χ3v) is 4.37. The van der Waals surface area contributed by atoms with E-state index in [9.17, 15) is 4.79 Å². The van der Waals surface area contributed by atoms with Gasteiger partial charge in [0.1, 0.15) is 5.69 Å². The number of hydrogen-bond acceptors (Lipinski definition) is 3. The molecule has 2 aromatic heterocycles. The zero-order valence-electron chi connectivity index (χ0n) is 13.1. The lowest BCUT2D eigenvalue weighted by atomic mass is 10.1. The van der Waals surface area contributed by atoms with Crippen LogP contribution in [-0.4, -0.2) is 50.9 Å². The van der Waals surface area contributed by atoms with Crippen molar-refractivity contribution in [3.8, 4) is 0 Å². The predicted molar refractivity (Wildman–Crippen MR) is 85.4 cm³/mol. The van der Waals surface area contributed by atoms with E-state index in [0.29, 0.717) is 6.04 Å². The van der Waals surface area contributed by atoms with Crippen LogP contribution in [0.25, 0.3) is 0 Å². The van der Waals surface area contributed by atoms with Crippen LogP contribution in [0.4, 0.5) is 0 Å². The SMILES string of the molecule is CCN(Cc1ccncc1)C1CN(C(=O)c2cccn2C)C1.